The van der Waals surface area contributed by atoms with Gasteiger partial charge in [0.05, 0.1) is 0 Å². The van der Waals surface area contributed by atoms with E-state index in [1.54, 1.807) is 0 Å². The summed E-state index contributed by atoms with van der Waals surface area (Å²) in [5.74, 6) is -0.682. The molecule has 1 N–H and O–H groups in total. The smallest absolute Gasteiger partial charge is 0.303 e. The zero-order valence-electron chi connectivity index (χ0n) is 12.9. The topological polar surface area (TPSA) is 43.8 Å². The van der Waals surface area contributed by atoms with E-state index in [4.69, 9.17) is 5.11 Å². The molecule has 0 radical (unpaired) electrons. The first kappa shape index (κ1) is 16.0. The second-order valence-corrected chi connectivity index (χ2v) is 5.96. The number of piperazine rings is 1. The summed E-state index contributed by atoms with van der Waals surface area (Å²) in [5, 5.41) is 8.62. The van der Waals surface area contributed by atoms with Crippen LogP contribution in [0.1, 0.15) is 30.4 Å². The summed E-state index contributed by atoms with van der Waals surface area (Å²) in [5.41, 5.74) is 2.72. The van der Waals surface area contributed by atoms with E-state index in [9.17, 15) is 4.79 Å². The van der Waals surface area contributed by atoms with Gasteiger partial charge in [-0.15, -0.1) is 0 Å². The van der Waals surface area contributed by atoms with Gasteiger partial charge < -0.3 is 10.0 Å². The molecule has 0 aliphatic carbocycles. The van der Waals surface area contributed by atoms with E-state index in [2.05, 4.69) is 41.0 Å². The van der Waals surface area contributed by atoms with Gasteiger partial charge in [0, 0.05) is 39.1 Å². The van der Waals surface area contributed by atoms with Gasteiger partial charge in [0.1, 0.15) is 0 Å². The summed E-state index contributed by atoms with van der Waals surface area (Å²) in [6.07, 6.45) is 2.08. The molecule has 0 bridgehead atoms. The molecule has 1 aliphatic rings. The van der Waals surface area contributed by atoms with E-state index in [0.717, 1.165) is 52.1 Å². The Balaban J connectivity index is 1.65. The summed E-state index contributed by atoms with van der Waals surface area (Å²) >= 11 is 0. The van der Waals surface area contributed by atoms with Crippen LogP contribution in [-0.4, -0.2) is 53.6 Å². The monoisotopic (exact) mass is 290 g/mol. The number of aliphatic carboxylic acids is 1. The van der Waals surface area contributed by atoms with Gasteiger partial charge in [0.25, 0.3) is 0 Å². The summed E-state index contributed by atoms with van der Waals surface area (Å²) in [4.78, 5) is 15.4. The van der Waals surface area contributed by atoms with Gasteiger partial charge in [-0.05, 0) is 31.9 Å². The molecular formula is C17H26N2O2. The first-order valence-electron chi connectivity index (χ1n) is 7.85. The molecule has 1 aromatic rings. The summed E-state index contributed by atoms with van der Waals surface area (Å²) in [6.45, 7) is 8.61. The van der Waals surface area contributed by atoms with Crippen LogP contribution in [0.15, 0.2) is 24.3 Å². The van der Waals surface area contributed by atoms with Gasteiger partial charge in [-0.3, -0.25) is 9.69 Å². The minimum atomic E-state index is -0.682. The third-order valence-corrected chi connectivity index (χ3v) is 4.07. The Hall–Kier alpha value is -1.39. The van der Waals surface area contributed by atoms with Gasteiger partial charge >= 0.3 is 5.97 Å². The molecule has 4 nitrogen and oxygen atoms in total. The Labute approximate surface area is 127 Å². The van der Waals surface area contributed by atoms with Crippen LogP contribution in [0.2, 0.25) is 0 Å². The van der Waals surface area contributed by atoms with Crippen molar-refractivity contribution >= 4 is 5.97 Å². The Morgan fingerprint density at radius 3 is 2.52 bits per heavy atom. The number of rotatable bonds is 7. The predicted molar refractivity (Wildman–Crippen MR) is 84.4 cm³/mol. The lowest BCUT2D eigenvalue weighted by Crippen LogP contribution is -2.46. The molecule has 0 atom stereocenters. The molecule has 2 rings (SSSR count). The maximum Gasteiger partial charge on any atom is 0.303 e. The number of unbranched alkanes of at least 4 members (excludes halogenated alkanes) is 1. The van der Waals surface area contributed by atoms with Crippen molar-refractivity contribution in [3.8, 4) is 0 Å². The molecular weight excluding hydrogens is 264 g/mol. The number of carboxylic acids is 1. The van der Waals surface area contributed by atoms with Crippen LogP contribution < -0.4 is 0 Å². The van der Waals surface area contributed by atoms with Gasteiger partial charge in [-0.25, -0.2) is 0 Å². The highest BCUT2D eigenvalue weighted by molar-refractivity contribution is 5.66. The number of hydrogen-bond donors (Lipinski definition) is 1. The first-order chi connectivity index (χ1) is 10.1. The van der Waals surface area contributed by atoms with E-state index in [1.807, 2.05) is 0 Å². The second kappa shape index (κ2) is 8.15. The molecule has 0 unspecified atom stereocenters. The largest absolute Gasteiger partial charge is 0.481 e. The third kappa shape index (κ3) is 5.86. The summed E-state index contributed by atoms with van der Waals surface area (Å²) < 4.78 is 0. The minimum Gasteiger partial charge on any atom is -0.481 e. The van der Waals surface area contributed by atoms with E-state index in [1.165, 1.54) is 11.1 Å². The van der Waals surface area contributed by atoms with Crippen LogP contribution in [0.4, 0.5) is 0 Å². The number of nitrogens with zero attached hydrogens (tertiary/aromatic N) is 2. The van der Waals surface area contributed by atoms with E-state index in [0.29, 0.717) is 6.42 Å². The summed E-state index contributed by atoms with van der Waals surface area (Å²) in [7, 11) is 0. The predicted octanol–water partition coefficient (Wildman–Crippen LogP) is 2.37. The molecule has 1 aliphatic heterocycles. The maximum absolute atomic E-state index is 10.5. The minimum absolute atomic E-state index is 0.299. The molecule has 0 spiro atoms. The highest BCUT2D eigenvalue weighted by Gasteiger charge is 2.16. The lowest BCUT2D eigenvalue weighted by molar-refractivity contribution is -0.137. The Morgan fingerprint density at radius 1 is 1.14 bits per heavy atom. The molecule has 4 heteroatoms. The standard InChI is InChI=1S/C17H26N2O2/c1-15-5-4-6-16(13-15)14-19-11-9-18(10-12-19)8-3-2-7-17(20)21/h4-6,13H,2-3,7-12,14H2,1H3,(H,20,21). The van der Waals surface area contributed by atoms with Crippen molar-refractivity contribution in [2.75, 3.05) is 32.7 Å². The quantitative estimate of drug-likeness (QED) is 0.783. The van der Waals surface area contributed by atoms with Crippen LogP contribution in [0.5, 0.6) is 0 Å². The molecule has 21 heavy (non-hydrogen) atoms. The average Bonchev–Trinajstić information content (AvgIpc) is 2.45. The SMILES string of the molecule is Cc1cccc(CN2CCN(CCCCC(=O)O)CC2)c1. The Morgan fingerprint density at radius 2 is 1.86 bits per heavy atom. The van der Waals surface area contributed by atoms with Crippen molar-refractivity contribution in [1.82, 2.24) is 9.80 Å². The molecule has 116 valence electrons. The average molecular weight is 290 g/mol. The fourth-order valence-corrected chi connectivity index (χ4v) is 2.85. The molecule has 0 amide bonds. The Bertz CT molecular complexity index is 454. The van der Waals surface area contributed by atoms with Crippen molar-refractivity contribution in [1.29, 1.82) is 0 Å². The van der Waals surface area contributed by atoms with E-state index >= 15 is 0 Å². The van der Waals surface area contributed by atoms with Gasteiger partial charge in [-0.1, -0.05) is 29.8 Å². The van der Waals surface area contributed by atoms with Crippen LogP contribution in [-0.2, 0) is 11.3 Å². The molecule has 0 saturated carbocycles. The number of aryl methyl sites for hydroxylation is 1. The molecule has 0 aromatic heterocycles. The number of benzene rings is 1. The van der Waals surface area contributed by atoms with Crippen molar-refractivity contribution in [2.45, 2.75) is 32.7 Å². The number of carboxylic acid groups (broad SMARTS) is 1. The third-order valence-electron chi connectivity index (χ3n) is 4.07. The number of carbonyl (C=O) groups is 1. The molecule has 1 saturated heterocycles. The molecule has 1 heterocycles. The van der Waals surface area contributed by atoms with Gasteiger partial charge in [-0.2, -0.15) is 0 Å². The second-order valence-electron chi connectivity index (χ2n) is 5.96. The van der Waals surface area contributed by atoms with Crippen molar-refractivity contribution in [3.63, 3.8) is 0 Å². The summed E-state index contributed by atoms with van der Waals surface area (Å²) in [6, 6.07) is 8.73. The zero-order chi connectivity index (χ0) is 15.1. The van der Waals surface area contributed by atoms with Crippen LogP contribution in [0.3, 0.4) is 0 Å². The zero-order valence-corrected chi connectivity index (χ0v) is 12.9. The lowest BCUT2D eigenvalue weighted by atomic mass is 10.1. The van der Waals surface area contributed by atoms with E-state index < -0.39 is 5.97 Å². The van der Waals surface area contributed by atoms with Crippen molar-refractivity contribution in [2.24, 2.45) is 0 Å². The molecule has 1 fully saturated rings. The maximum atomic E-state index is 10.5. The van der Waals surface area contributed by atoms with Crippen LogP contribution >= 0.6 is 0 Å². The highest BCUT2D eigenvalue weighted by Crippen LogP contribution is 2.11. The normalized spacial score (nSPS) is 17.0. The highest BCUT2D eigenvalue weighted by atomic mass is 16.4. The van der Waals surface area contributed by atoms with Crippen LogP contribution in [0.25, 0.3) is 0 Å². The van der Waals surface area contributed by atoms with Crippen molar-refractivity contribution in [3.05, 3.63) is 35.4 Å². The van der Waals surface area contributed by atoms with E-state index in [-0.39, 0.29) is 0 Å². The lowest BCUT2D eigenvalue weighted by Gasteiger charge is -2.34. The molecule has 1 aromatic carbocycles. The fourth-order valence-electron chi connectivity index (χ4n) is 2.85. The fraction of sp³-hybridized carbons (Fsp3) is 0.588. The van der Waals surface area contributed by atoms with Gasteiger partial charge in [0.2, 0.25) is 0 Å². The Kier molecular flexibility index (Phi) is 6.21. The van der Waals surface area contributed by atoms with Crippen molar-refractivity contribution < 1.29 is 9.90 Å². The van der Waals surface area contributed by atoms with Gasteiger partial charge in [0.15, 0.2) is 0 Å². The first-order valence-corrected chi connectivity index (χ1v) is 7.85. The number of hydrogen-bond acceptors (Lipinski definition) is 3. The van der Waals surface area contributed by atoms with Crippen LogP contribution in [0, 0.1) is 6.92 Å².